The molecule has 7 rings (SSSR count). The summed E-state index contributed by atoms with van der Waals surface area (Å²) in [6.45, 7) is 0. The normalized spacial score (nSPS) is 11.9. The first-order chi connectivity index (χ1) is 15.4. The zero-order valence-electron chi connectivity index (χ0n) is 16.6. The molecule has 4 nitrogen and oxygen atoms in total. The molecular formula is C27H17N3O. The van der Waals surface area contributed by atoms with Gasteiger partial charge in [0.05, 0.1) is 11.0 Å². The number of rotatable bonds is 2. The molecule has 0 saturated heterocycles. The summed E-state index contributed by atoms with van der Waals surface area (Å²) in [6.07, 6.45) is 0. The first kappa shape index (κ1) is 16.5. The van der Waals surface area contributed by atoms with Gasteiger partial charge in [-0.05, 0) is 36.4 Å². The van der Waals surface area contributed by atoms with Gasteiger partial charge in [-0.2, -0.15) is 4.98 Å². The Bertz CT molecular complexity index is 1700. The smallest absolute Gasteiger partial charge is 0.308 e. The molecule has 0 unspecified atom stereocenters. The van der Waals surface area contributed by atoms with Crippen LogP contribution in [0.2, 0.25) is 0 Å². The maximum Gasteiger partial charge on any atom is 0.308 e. The van der Waals surface area contributed by atoms with Crippen LogP contribution in [0.25, 0.3) is 55.6 Å². The Morgan fingerprint density at radius 1 is 0.581 bits per heavy atom. The van der Waals surface area contributed by atoms with Gasteiger partial charge in [0.15, 0.2) is 5.58 Å². The van der Waals surface area contributed by atoms with Gasteiger partial charge >= 0.3 is 6.01 Å². The first-order valence-corrected chi connectivity index (χ1v) is 10.3. The van der Waals surface area contributed by atoms with Crippen LogP contribution in [-0.2, 0) is 0 Å². The van der Waals surface area contributed by atoms with Crippen LogP contribution in [0.15, 0.2) is 108 Å². The maximum absolute atomic E-state index is 6.25. The predicted octanol–water partition coefficient (Wildman–Crippen LogP) is 6.87. The van der Waals surface area contributed by atoms with Crippen molar-refractivity contribution in [2.24, 2.45) is 0 Å². The maximum atomic E-state index is 6.25. The van der Waals surface area contributed by atoms with Crippen LogP contribution in [0.4, 0.5) is 0 Å². The van der Waals surface area contributed by atoms with Gasteiger partial charge in [0.2, 0.25) is 0 Å². The molecule has 0 spiro atoms. The SMILES string of the molecule is c1ccc(-n2c3ccccc3c3c4ccccc4n(-c4nc5ccccc5o4)c32)cc1. The molecule has 0 amide bonds. The lowest BCUT2D eigenvalue weighted by atomic mass is 10.1. The Labute approximate surface area is 177 Å². The van der Waals surface area contributed by atoms with Gasteiger partial charge in [-0.1, -0.05) is 66.7 Å². The zero-order valence-corrected chi connectivity index (χ0v) is 16.6. The van der Waals surface area contributed by atoms with E-state index in [4.69, 9.17) is 9.40 Å². The van der Waals surface area contributed by atoms with E-state index in [9.17, 15) is 0 Å². The Morgan fingerprint density at radius 2 is 1.19 bits per heavy atom. The summed E-state index contributed by atoms with van der Waals surface area (Å²) < 4.78 is 10.7. The van der Waals surface area contributed by atoms with E-state index in [1.165, 1.54) is 16.2 Å². The summed E-state index contributed by atoms with van der Waals surface area (Å²) in [5.41, 5.74) is 6.04. The van der Waals surface area contributed by atoms with Gasteiger partial charge in [0.1, 0.15) is 11.2 Å². The van der Waals surface area contributed by atoms with Crippen molar-refractivity contribution in [2.75, 3.05) is 0 Å². The largest absolute Gasteiger partial charge is 0.423 e. The van der Waals surface area contributed by atoms with Gasteiger partial charge in [-0.3, -0.25) is 4.57 Å². The number of oxazole rings is 1. The molecule has 0 aliphatic rings. The predicted molar refractivity (Wildman–Crippen MR) is 125 cm³/mol. The molecule has 4 aromatic carbocycles. The zero-order chi connectivity index (χ0) is 20.4. The monoisotopic (exact) mass is 399 g/mol. The Hall–Kier alpha value is -4.31. The number of hydrogen-bond donors (Lipinski definition) is 0. The lowest BCUT2D eigenvalue weighted by molar-refractivity contribution is 0.573. The summed E-state index contributed by atoms with van der Waals surface area (Å²) in [7, 11) is 0. The molecule has 4 heteroatoms. The first-order valence-electron chi connectivity index (χ1n) is 10.3. The fraction of sp³-hybridized carbons (Fsp3) is 0. The highest BCUT2D eigenvalue weighted by Gasteiger charge is 2.23. The number of nitrogens with zero attached hydrogens (tertiary/aromatic N) is 3. The van der Waals surface area contributed by atoms with Gasteiger partial charge in [-0.25, -0.2) is 4.57 Å². The number of benzene rings is 4. The van der Waals surface area contributed by atoms with Crippen molar-refractivity contribution >= 4 is 43.9 Å². The highest BCUT2D eigenvalue weighted by Crippen LogP contribution is 2.40. The third-order valence-electron chi connectivity index (χ3n) is 5.96. The molecule has 0 aliphatic carbocycles. The van der Waals surface area contributed by atoms with E-state index in [0.29, 0.717) is 6.01 Å². The topological polar surface area (TPSA) is 35.9 Å². The molecule has 0 fully saturated rings. The Balaban J connectivity index is 1.74. The Morgan fingerprint density at radius 3 is 1.94 bits per heavy atom. The van der Waals surface area contributed by atoms with Crippen LogP contribution in [0.3, 0.4) is 0 Å². The minimum atomic E-state index is 0.576. The van der Waals surface area contributed by atoms with E-state index in [1.54, 1.807) is 0 Å². The van der Waals surface area contributed by atoms with Gasteiger partial charge in [0, 0.05) is 21.8 Å². The molecule has 146 valence electrons. The van der Waals surface area contributed by atoms with Crippen molar-refractivity contribution < 1.29 is 4.42 Å². The third-order valence-corrected chi connectivity index (χ3v) is 5.96. The second-order valence-corrected chi connectivity index (χ2v) is 7.70. The standard InChI is InChI=1S/C27H17N3O/c1-2-10-18(11-3-1)29-22-15-7-4-12-19(22)25-20-13-5-8-16-23(20)30(26(25)29)27-28-21-14-6-9-17-24(21)31-27/h1-17H. The summed E-state index contributed by atoms with van der Waals surface area (Å²) in [6, 6.07) is 36.0. The summed E-state index contributed by atoms with van der Waals surface area (Å²) in [4.78, 5) is 4.84. The second kappa shape index (κ2) is 6.09. The van der Waals surface area contributed by atoms with Crippen LogP contribution in [-0.4, -0.2) is 14.1 Å². The number of aromatic nitrogens is 3. The van der Waals surface area contributed by atoms with Gasteiger partial charge in [-0.15, -0.1) is 0 Å². The molecule has 7 aromatic rings. The fourth-order valence-electron chi connectivity index (χ4n) is 4.69. The second-order valence-electron chi connectivity index (χ2n) is 7.70. The summed E-state index contributed by atoms with van der Waals surface area (Å²) >= 11 is 0. The van der Waals surface area contributed by atoms with Crippen LogP contribution < -0.4 is 0 Å². The number of hydrogen-bond acceptors (Lipinski definition) is 2. The van der Waals surface area contributed by atoms with Crippen LogP contribution in [0.5, 0.6) is 0 Å². The minimum Gasteiger partial charge on any atom is -0.423 e. The molecule has 0 saturated carbocycles. The van der Waals surface area contributed by atoms with E-state index in [0.717, 1.165) is 33.5 Å². The van der Waals surface area contributed by atoms with Crippen molar-refractivity contribution in [1.82, 2.24) is 14.1 Å². The van der Waals surface area contributed by atoms with Crippen LogP contribution >= 0.6 is 0 Å². The van der Waals surface area contributed by atoms with E-state index >= 15 is 0 Å². The summed E-state index contributed by atoms with van der Waals surface area (Å²) in [5, 5.41) is 3.61. The molecule has 0 atom stereocenters. The van der Waals surface area contributed by atoms with E-state index in [1.807, 2.05) is 30.3 Å². The average Bonchev–Trinajstić information content (AvgIpc) is 3.49. The van der Waals surface area contributed by atoms with Crippen LogP contribution in [0.1, 0.15) is 0 Å². The molecule has 31 heavy (non-hydrogen) atoms. The molecule has 0 aliphatic heterocycles. The van der Waals surface area contributed by atoms with E-state index in [-0.39, 0.29) is 0 Å². The third kappa shape index (κ3) is 2.21. The van der Waals surface area contributed by atoms with Crippen molar-refractivity contribution in [3.63, 3.8) is 0 Å². The molecule has 0 N–H and O–H groups in total. The molecule has 0 bridgehead atoms. The lowest BCUT2D eigenvalue weighted by Gasteiger charge is -2.10. The van der Waals surface area contributed by atoms with Gasteiger partial charge in [0.25, 0.3) is 0 Å². The van der Waals surface area contributed by atoms with E-state index < -0.39 is 0 Å². The average molecular weight is 399 g/mol. The molecule has 3 heterocycles. The fourth-order valence-corrected chi connectivity index (χ4v) is 4.69. The van der Waals surface area contributed by atoms with E-state index in [2.05, 4.69) is 81.9 Å². The quantitative estimate of drug-likeness (QED) is 0.318. The van der Waals surface area contributed by atoms with Crippen LogP contribution in [0, 0.1) is 0 Å². The lowest BCUT2D eigenvalue weighted by Crippen LogP contribution is -2.01. The highest BCUT2D eigenvalue weighted by atomic mass is 16.4. The van der Waals surface area contributed by atoms with Crippen molar-refractivity contribution in [1.29, 1.82) is 0 Å². The number of fused-ring (bicyclic) bond motifs is 6. The van der Waals surface area contributed by atoms with Crippen molar-refractivity contribution in [3.05, 3.63) is 103 Å². The van der Waals surface area contributed by atoms with Crippen molar-refractivity contribution in [2.45, 2.75) is 0 Å². The number of para-hydroxylation sites is 5. The minimum absolute atomic E-state index is 0.576. The van der Waals surface area contributed by atoms with Crippen molar-refractivity contribution in [3.8, 4) is 11.7 Å². The summed E-state index contributed by atoms with van der Waals surface area (Å²) in [5.74, 6) is 0. The highest BCUT2D eigenvalue weighted by molar-refractivity contribution is 6.22. The molecular weight excluding hydrogens is 382 g/mol. The van der Waals surface area contributed by atoms with Gasteiger partial charge < -0.3 is 4.42 Å². The molecule has 0 radical (unpaired) electrons. The molecule has 3 aromatic heterocycles. The Kier molecular flexibility index (Phi) is 3.24.